The van der Waals surface area contributed by atoms with E-state index in [1.165, 1.54) is 0 Å². The molecule has 1 aromatic rings. The molecule has 0 bridgehead atoms. The molecule has 0 saturated carbocycles. The van der Waals surface area contributed by atoms with Gasteiger partial charge in [0.05, 0.1) is 12.1 Å². The van der Waals surface area contributed by atoms with Gasteiger partial charge in [-0.05, 0) is 12.2 Å². The van der Waals surface area contributed by atoms with Crippen molar-refractivity contribution >= 4 is 35.6 Å². The zero-order valence-electron chi connectivity index (χ0n) is 7.30. The van der Waals surface area contributed by atoms with Gasteiger partial charge in [0.15, 0.2) is 4.77 Å². The Hall–Kier alpha value is -1.14. The van der Waals surface area contributed by atoms with Crippen molar-refractivity contribution in [1.29, 1.82) is 0 Å². The fraction of sp³-hybridized carbons (Fsp3) is 0.286. The maximum Gasteiger partial charge on any atom is 0.309 e. The van der Waals surface area contributed by atoms with Gasteiger partial charge in [-0.3, -0.25) is 4.79 Å². The second kappa shape index (κ2) is 4.39. The van der Waals surface area contributed by atoms with E-state index in [2.05, 4.69) is 15.3 Å². The van der Waals surface area contributed by atoms with E-state index >= 15 is 0 Å². The molecule has 7 heteroatoms. The van der Waals surface area contributed by atoms with Crippen LogP contribution in [0.1, 0.15) is 5.69 Å². The van der Waals surface area contributed by atoms with E-state index in [1.54, 1.807) is 7.05 Å². The van der Waals surface area contributed by atoms with Crippen molar-refractivity contribution in [1.82, 2.24) is 9.97 Å². The number of aromatic amines is 1. The molecule has 0 amide bonds. The lowest BCUT2D eigenvalue weighted by molar-refractivity contribution is -0.136. The van der Waals surface area contributed by atoms with Gasteiger partial charge in [-0.2, -0.15) is 0 Å². The number of aliphatic carboxylic acids is 1. The van der Waals surface area contributed by atoms with Gasteiger partial charge < -0.3 is 15.4 Å². The lowest BCUT2D eigenvalue weighted by atomic mass is 10.3. The van der Waals surface area contributed by atoms with Crippen molar-refractivity contribution in [2.45, 2.75) is 6.42 Å². The minimum Gasteiger partial charge on any atom is -0.481 e. The Balaban J connectivity index is 3.22. The minimum absolute atomic E-state index is 0.204. The fourth-order valence-electron chi connectivity index (χ4n) is 0.944. The van der Waals surface area contributed by atoms with E-state index in [-0.39, 0.29) is 16.2 Å². The first-order chi connectivity index (χ1) is 6.54. The third-order valence-electron chi connectivity index (χ3n) is 1.51. The molecular weight excluding hydrogens is 226 g/mol. The van der Waals surface area contributed by atoms with Crippen molar-refractivity contribution < 1.29 is 9.90 Å². The number of carbonyl (C=O) groups is 1. The molecule has 76 valence electrons. The first-order valence-corrected chi connectivity index (χ1v) is 4.51. The highest BCUT2D eigenvalue weighted by Gasteiger charge is 2.10. The number of nitrogens with zero attached hydrogens (tertiary/aromatic N) is 1. The maximum absolute atomic E-state index is 10.5. The molecule has 0 radical (unpaired) electrons. The number of hydrogen-bond acceptors (Lipinski definition) is 4. The molecule has 0 aromatic carbocycles. The summed E-state index contributed by atoms with van der Waals surface area (Å²) in [6.07, 6.45) is -0.209. The minimum atomic E-state index is -0.981. The third-order valence-corrected chi connectivity index (χ3v) is 2.11. The molecule has 0 unspecified atom stereocenters. The highest BCUT2D eigenvalue weighted by Crippen LogP contribution is 2.21. The molecule has 1 aromatic heterocycles. The zero-order valence-corrected chi connectivity index (χ0v) is 8.87. The second-order valence-corrected chi connectivity index (χ2v) is 3.27. The van der Waals surface area contributed by atoms with Crippen molar-refractivity contribution in [2.24, 2.45) is 0 Å². The highest BCUT2D eigenvalue weighted by atomic mass is 35.5. The average molecular weight is 234 g/mol. The van der Waals surface area contributed by atoms with Crippen LogP contribution in [0.25, 0.3) is 0 Å². The van der Waals surface area contributed by atoms with E-state index in [1.807, 2.05) is 0 Å². The van der Waals surface area contributed by atoms with E-state index in [9.17, 15) is 4.79 Å². The van der Waals surface area contributed by atoms with E-state index in [4.69, 9.17) is 28.9 Å². The van der Waals surface area contributed by atoms with E-state index < -0.39 is 5.97 Å². The highest BCUT2D eigenvalue weighted by molar-refractivity contribution is 7.71. The van der Waals surface area contributed by atoms with Crippen molar-refractivity contribution in [3.63, 3.8) is 0 Å². The van der Waals surface area contributed by atoms with Crippen molar-refractivity contribution in [3.05, 3.63) is 15.5 Å². The predicted octanol–water partition coefficient (Wildman–Crippen LogP) is 1.46. The fourth-order valence-corrected chi connectivity index (χ4v) is 1.41. The van der Waals surface area contributed by atoms with E-state index in [0.717, 1.165) is 0 Å². The zero-order chi connectivity index (χ0) is 10.7. The molecule has 0 spiro atoms. The Bertz CT molecular complexity index is 418. The summed E-state index contributed by atoms with van der Waals surface area (Å²) in [4.78, 5) is 17.0. The van der Waals surface area contributed by atoms with Crippen molar-refractivity contribution in [3.8, 4) is 0 Å². The van der Waals surface area contributed by atoms with Gasteiger partial charge in [0.25, 0.3) is 0 Å². The Labute approximate surface area is 90.1 Å². The van der Waals surface area contributed by atoms with Gasteiger partial charge in [-0.25, -0.2) is 4.98 Å². The van der Waals surface area contributed by atoms with Crippen LogP contribution in [-0.4, -0.2) is 28.1 Å². The summed E-state index contributed by atoms with van der Waals surface area (Å²) in [5, 5.41) is 11.6. The number of halogens is 1. The molecule has 1 rings (SSSR count). The quantitative estimate of drug-likeness (QED) is 0.689. The van der Waals surface area contributed by atoms with Crippen LogP contribution in [0.3, 0.4) is 0 Å². The smallest absolute Gasteiger partial charge is 0.309 e. The maximum atomic E-state index is 10.5. The van der Waals surface area contributed by atoms with Gasteiger partial charge in [0.2, 0.25) is 0 Å². The number of carboxylic acid groups (broad SMARTS) is 1. The summed E-state index contributed by atoms with van der Waals surface area (Å²) in [5.41, 5.74) is 0.350. The Morgan fingerprint density at radius 2 is 2.43 bits per heavy atom. The SMILES string of the molecule is CNc1nc(=S)[nH]c(CC(=O)O)c1Cl. The number of nitrogens with one attached hydrogen (secondary N) is 2. The molecule has 3 N–H and O–H groups in total. The van der Waals surface area contributed by atoms with Crippen molar-refractivity contribution in [2.75, 3.05) is 12.4 Å². The molecule has 0 atom stereocenters. The average Bonchev–Trinajstić information content (AvgIpc) is 2.09. The topological polar surface area (TPSA) is 78.0 Å². The number of aromatic nitrogens is 2. The Morgan fingerprint density at radius 3 is 2.93 bits per heavy atom. The normalized spacial score (nSPS) is 9.86. The predicted molar refractivity (Wildman–Crippen MR) is 55.3 cm³/mol. The number of rotatable bonds is 3. The van der Waals surface area contributed by atoms with Crippen LogP contribution in [0.2, 0.25) is 5.02 Å². The van der Waals surface area contributed by atoms with Crippen LogP contribution in [-0.2, 0) is 11.2 Å². The van der Waals surface area contributed by atoms with Crippen LogP contribution in [0.15, 0.2) is 0 Å². The lowest BCUT2D eigenvalue weighted by Crippen LogP contribution is -2.06. The van der Waals surface area contributed by atoms with Crippen LogP contribution >= 0.6 is 23.8 Å². The lowest BCUT2D eigenvalue weighted by Gasteiger charge is -2.06. The third kappa shape index (κ3) is 2.43. The number of anilines is 1. The summed E-state index contributed by atoms with van der Waals surface area (Å²) in [5.74, 6) is -0.600. The van der Waals surface area contributed by atoms with Gasteiger partial charge in [0.1, 0.15) is 10.8 Å². The number of H-pyrrole nitrogens is 1. The van der Waals surface area contributed by atoms with Gasteiger partial charge >= 0.3 is 5.97 Å². The molecule has 14 heavy (non-hydrogen) atoms. The molecule has 1 heterocycles. The summed E-state index contributed by atoms with van der Waals surface area (Å²) < 4.78 is 0.204. The van der Waals surface area contributed by atoms with Crippen LogP contribution in [0, 0.1) is 4.77 Å². The van der Waals surface area contributed by atoms with Gasteiger partial charge in [0, 0.05) is 7.05 Å². The molecule has 0 aliphatic heterocycles. The first-order valence-electron chi connectivity index (χ1n) is 3.73. The molecule has 0 fully saturated rings. The molecule has 0 saturated heterocycles. The van der Waals surface area contributed by atoms with Crippen LogP contribution in [0.5, 0.6) is 0 Å². The van der Waals surface area contributed by atoms with Gasteiger partial charge in [-0.1, -0.05) is 11.6 Å². The number of hydrogen-bond donors (Lipinski definition) is 3. The summed E-state index contributed by atoms with van der Waals surface area (Å²) in [6, 6.07) is 0. The van der Waals surface area contributed by atoms with E-state index in [0.29, 0.717) is 11.5 Å². The molecule has 5 nitrogen and oxygen atoms in total. The largest absolute Gasteiger partial charge is 0.481 e. The van der Waals surface area contributed by atoms with Crippen LogP contribution in [0.4, 0.5) is 5.82 Å². The Kier molecular flexibility index (Phi) is 3.43. The summed E-state index contributed by atoms with van der Waals surface area (Å²) in [7, 11) is 1.63. The first kappa shape index (κ1) is 10.9. The molecule has 0 aliphatic carbocycles. The summed E-state index contributed by atoms with van der Waals surface area (Å²) in [6.45, 7) is 0. The van der Waals surface area contributed by atoms with Crippen LogP contribution < -0.4 is 5.32 Å². The molecule has 0 aliphatic rings. The van der Waals surface area contributed by atoms with Gasteiger partial charge in [-0.15, -0.1) is 0 Å². The monoisotopic (exact) mass is 233 g/mol. The molecular formula is C7H8ClN3O2S. The second-order valence-electron chi connectivity index (χ2n) is 2.50. The number of carboxylic acids is 1. The standard InChI is InChI=1S/C7H8ClN3O2S/c1-9-6-5(8)3(2-4(12)13)10-7(14)11-6/h2H2,1H3,(H,12,13)(H2,9,10,11,14). The Morgan fingerprint density at radius 1 is 1.79 bits per heavy atom. The summed E-state index contributed by atoms with van der Waals surface area (Å²) >= 11 is 10.7.